The third-order valence-electron chi connectivity index (χ3n) is 4.92. The molecule has 0 unspecified atom stereocenters. The summed E-state index contributed by atoms with van der Waals surface area (Å²) in [5.41, 5.74) is 2.91. The highest BCUT2D eigenvalue weighted by Crippen LogP contribution is 2.25. The molecular weight excluding hydrogens is 421 g/mol. The molecule has 0 spiro atoms. The predicted octanol–water partition coefficient (Wildman–Crippen LogP) is 5.27. The Balaban J connectivity index is 1.69. The lowest BCUT2D eigenvalue weighted by molar-refractivity contribution is -0.129. The molecular formula is C23H25Cl2N3O2. The van der Waals surface area contributed by atoms with Gasteiger partial charge in [-0.3, -0.25) is 9.79 Å². The Morgan fingerprint density at radius 1 is 1.17 bits per heavy atom. The molecule has 0 saturated carbocycles. The van der Waals surface area contributed by atoms with Crippen molar-refractivity contribution >= 4 is 47.3 Å². The Morgan fingerprint density at radius 2 is 1.93 bits per heavy atom. The Bertz CT molecular complexity index is 929. The highest BCUT2D eigenvalue weighted by molar-refractivity contribution is 6.42. The van der Waals surface area contributed by atoms with Crippen LogP contribution >= 0.6 is 23.2 Å². The number of halogens is 2. The lowest BCUT2D eigenvalue weighted by Crippen LogP contribution is -2.36. The van der Waals surface area contributed by atoms with E-state index in [4.69, 9.17) is 27.9 Å². The second-order valence-corrected chi connectivity index (χ2v) is 7.81. The smallest absolute Gasteiger partial charge is 0.242 e. The van der Waals surface area contributed by atoms with Crippen molar-refractivity contribution in [2.24, 2.45) is 4.99 Å². The van der Waals surface area contributed by atoms with Gasteiger partial charge in [-0.05, 0) is 62.0 Å². The van der Waals surface area contributed by atoms with Crippen LogP contribution < -0.4 is 4.90 Å². The first-order valence-electron chi connectivity index (χ1n) is 9.87. The summed E-state index contributed by atoms with van der Waals surface area (Å²) >= 11 is 12.1. The van der Waals surface area contributed by atoms with E-state index in [0.29, 0.717) is 42.0 Å². The molecule has 0 atom stereocenters. The normalized spacial score (nSPS) is 15.2. The first-order chi connectivity index (χ1) is 14.5. The number of hydrogen-bond acceptors (Lipinski definition) is 4. The van der Waals surface area contributed by atoms with Gasteiger partial charge in [-0.2, -0.15) is 0 Å². The summed E-state index contributed by atoms with van der Waals surface area (Å²) in [5, 5.41) is 1.02. The molecule has 1 fully saturated rings. The third kappa shape index (κ3) is 5.55. The lowest BCUT2D eigenvalue weighted by atomic mass is 10.1. The van der Waals surface area contributed by atoms with Gasteiger partial charge >= 0.3 is 0 Å². The molecule has 1 aliphatic rings. The molecule has 1 aliphatic heterocycles. The van der Waals surface area contributed by atoms with Crippen LogP contribution in [0.4, 0.5) is 5.69 Å². The second kappa shape index (κ2) is 10.5. The summed E-state index contributed by atoms with van der Waals surface area (Å²) < 4.78 is 5.61. The second-order valence-electron chi connectivity index (χ2n) is 6.99. The molecule has 1 saturated heterocycles. The summed E-state index contributed by atoms with van der Waals surface area (Å²) in [7, 11) is 0. The van der Waals surface area contributed by atoms with Crippen molar-refractivity contribution in [3.05, 3.63) is 69.8 Å². The Labute approximate surface area is 187 Å². The highest BCUT2D eigenvalue weighted by atomic mass is 35.5. The van der Waals surface area contributed by atoms with E-state index in [1.54, 1.807) is 12.3 Å². The van der Waals surface area contributed by atoms with Gasteiger partial charge in [0.05, 0.1) is 29.4 Å². The van der Waals surface area contributed by atoms with Crippen molar-refractivity contribution in [1.82, 2.24) is 4.90 Å². The molecule has 158 valence electrons. The van der Waals surface area contributed by atoms with Crippen molar-refractivity contribution in [2.75, 3.05) is 31.1 Å². The van der Waals surface area contributed by atoms with Gasteiger partial charge in [0.15, 0.2) is 0 Å². The van der Waals surface area contributed by atoms with Crippen LogP contribution in [-0.2, 0) is 16.1 Å². The van der Waals surface area contributed by atoms with E-state index in [1.807, 2.05) is 48.2 Å². The molecule has 3 rings (SSSR count). The van der Waals surface area contributed by atoms with Crippen molar-refractivity contribution in [2.45, 2.75) is 19.9 Å². The molecule has 0 N–H and O–H groups in total. The van der Waals surface area contributed by atoms with Crippen LogP contribution in [0.5, 0.6) is 0 Å². The van der Waals surface area contributed by atoms with E-state index >= 15 is 0 Å². The number of hydrogen-bond donors (Lipinski definition) is 0. The number of ether oxygens (including phenoxy) is 1. The first-order valence-corrected chi connectivity index (χ1v) is 10.6. The number of aliphatic imine (C=N–C) groups is 1. The lowest BCUT2D eigenvalue weighted by Gasteiger charge is -2.23. The van der Waals surface area contributed by atoms with Gasteiger partial charge in [0.25, 0.3) is 0 Å². The molecule has 2 aromatic carbocycles. The van der Waals surface area contributed by atoms with E-state index in [1.165, 1.54) is 0 Å². The summed E-state index contributed by atoms with van der Waals surface area (Å²) in [6.45, 7) is 8.35. The summed E-state index contributed by atoms with van der Waals surface area (Å²) in [4.78, 5) is 20.7. The quantitative estimate of drug-likeness (QED) is 0.430. The average Bonchev–Trinajstić information content (AvgIpc) is 2.92. The molecule has 0 radical (unpaired) electrons. The van der Waals surface area contributed by atoms with Crippen molar-refractivity contribution < 1.29 is 9.53 Å². The zero-order valence-electron chi connectivity index (χ0n) is 17.0. The van der Waals surface area contributed by atoms with Crippen LogP contribution in [-0.4, -0.2) is 43.8 Å². The molecule has 0 bridgehead atoms. The third-order valence-corrected chi connectivity index (χ3v) is 5.66. The molecule has 1 heterocycles. The number of carbonyl (C=O) groups excluding carboxylic acids is 1. The first kappa shape index (κ1) is 22.2. The Kier molecular flexibility index (Phi) is 7.77. The van der Waals surface area contributed by atoms with E-state index in [0.717, 1.165) is 29.8 Å². The largest absolute Gasteiger partial charge is 0.492 e. The number of benzene rings is 2. The number of anilines is 1. The van der Waals surface area contributed by atoms with Gasteiger partial charge in [0.2, 0.25) is 5.91 Å². The summed E-state index contributed by atoms with van der Waals surface area (Å²) in [6.07, 6.45) is 2.49. The topological polar surface area (TPSA) is 45.1 Å². The van der Waals surface area contributed by atoms with Crippen LogP contribution in [0.15, 0.2) is 53.7 Å². The Morgan fingerprint density at radius 3 is 2.60 bits per heavy atom. The van der Waals surface area contributed by atoms with Crippen molar-refractivity contribution in [3.63, 3.8) is 0 Å². The molecule has 7 heteroatoms. The Hall–Kier alpha value is -2.50. The number of carbonyl (C=O) groups is 1. The minimum absolute atomic E-state index is 0.0911. The molecule has 30 heavy (non-hydrogen) atoms. The van der Waals surface area contributed by atoms with Crippen LogP contribution in [0.3, 0.4) is 0 Å². The zero-order valence-corrected chi connectivity index (χ0v) is 18.5. The molecule has 0 aliphatic carbocycles. The highest BCUT2D eigenvalue weighted by Gasteiger charge is 2.22. The van der Waals surface area contributed by atoms with Crippen molar-refractivity contribution in [1.29, 1.82) is 0 Å². The maximum Gasteiger partial charge on any atom is 0.242 e. The molecule has 1 amide bonds. The predicted molar refractivity (Wildman–Crippen MR) is 124 cm³/mol. The van der Waals surface area contributed by atoms with Crippen LogP contribution in [0.2, 0.25) is 10.0 Å². The fourth-order valence-corrected chi connectivity index (χ4v) is 3.76. The minimum atomic E-state index is 0.0911. The van der Waals surface area contributed by atoms with Crippen LogP contribution in [0.25, 0.3) is 5.76 Å². The monoisotopic (exact) mass is 445 g/mol. The summed E-state index contributed by atoms with van der Waals surface area (Å²) in [6, 6.07) is 13.5. The van der Waals surface area contributed by atoms with Gasteiger partial charge in [-0.15, -0.1) is 0 Å². The van der Waals surface area contributed by atoms with Gasteiger partial charge in [-0.1, -0.05) is 29.3 Å². The van der Waals surface area contributed by atoms with E-state index in [2.05, 4.69) is 16.6 Å². The fraction of sp³-hybridized carbons (Fsp3) is 0.304. The maximum atomic E-state index is 12.9. The molecule has 2 aromatic rings. The minimum Gasteiger partial charge on any atom is -0.492 e. The maximum absolute atomic E-state index is 12.9. The van der Waals surface area contributed by atoms with Gasteiger partial charge in [0.1, 0.15) is 5.76 Å². The number of nitrogens with zero attached hydrogens (tertiary/aromatic N) is 3. The average molecular weight is 446 g/mol. The van der Waals surface area contributed by atoms with Gasteiger partial charge in [-0.25, -0.2) is 0 Å². The van der Waals surface area contributed by atoms with Gasteiger partial charge in [0, 0.05) is 30.9 Å². The number of rotatable bonds is 7. The van der Waals surface area contributed by atoms with E-state index in [9.17, 15) is 4.79 Å². The molecule has 0 aromatic heterocycles. The summed E-state index contributed by atoms with van der Waals surface area (Å²) in [5.74, 6) is 0.771. The van der Waals surface area contributed by atoms with E-state index < -0.39 is 0 Å². The standard InChI is InChI=1S/C23H25Cl2N3O2/c1-3-30-22(14-26-2)18-6-8-19(9-7-18)27-11-4-12-28(23(29)16-27)15-17-5-10-20(24)21(25)13-17/h5-10,13-14H,2-4,11-12,15-16H2,1H3/b22-14-. The van der Waals surface area contributed by atoms with Crippen LogP contribution in [0.1, 0.15) is 24.5 Å². The SMILES string of the molecule is C=N/C=C(\OCC)c1ccc(N2CCCN(Cc3ccc(Cl)c(Cl)c3)C(=O)C2)cc1. The van der Waals surface area contributed by atoms with Crippen molar-refractivity contribution in [3.8, 4) is 0 Å². The van der Waals surface area contributed by atoms with Crippen LogP contribution in [0, 0.1) is 0 Å². The number of amides is 1. The fourth-order valence-electron chi connectivity index (χ4n) is 3.44. The van der Waals surface area contributed by atoms with E-state index in [-0.39, 0.29) is 5.91 Å². The zero-order chi connectivity index (χ0) is 21.5. The van der Waals surface area contributed by atoms with Gasteiger partial charge < -0.3 is 14.5 Å². The molecule has 5 nitrogen and oxygen atoms in total.